The standard InChI is InChI=1S/C22H28N4O4S2/c1-14(2)24-19(27)16-8-5-9-17(10-16)26(12-15-6-3-4-7-15)22(30)25-20(21(28)29)32-18-11-23-13-31-18/h5,8-11,13-15,20H,3-4,6-7,12H2,1-2H3,(H,24,27)(H,25,30)(H,28,29). The normalized spacial score (nSPS) is 14.8. The van der Waals surface area contributed by atoms with E-state index in [9.17, 15) is 19.5 Å². The molecule has 0 radical (unpaired) electrons. The van der Waals surface area contributed by atoms with Gasteiger partial charge in [-0.25, -0.2) is 9.59 Å². The van der Waals surface area contributed by atoms with E-state index in [1.54, 1.807) is 40.9 Å². The van der Waals surface area contributed by atoms with E-state index < -0.39 is 17.4 Å². The zero-order chi connectivity index (χ0) is 23.1. The molecule has 172 valence electrons. The van der Waals surface area contributed by atoms with Crippen LogP contribution >= 0.6 is 23.1 Å². The van der Waals surface area contributed by atoms with Gasteiger partial charge in [-0.3, -0.25) is 14.7 Å². The molecule has 0 bridgehead atoms. The third kappa shape index (κ3) is 6.70. The van der Waals surface area contributed by atoms with Crippen LogP contribution in [-0.2, 0) is 4.79 Å². The van der Waals surface area contributed by atoms with Crippen LogP contribution in [0.15, 0.2) is 40.2 Å². The minimum Gasteiger partial charge on any atom is -0.479 e. The highest BCUT2D eigenvalue weighted by atomic mass is 32.2. The molecule has 1 fully saturated rings. The van der Waals surface area contributed by atoms with Crippen molar-refractivity contribution in [1.29, 1.82) is 0 Å². The SMILES string of the molecule is CC(C)NC(=O)c1cccc(N(CC2CCCC2)C(=O)NC(Sc2cncs2)C(=O)O)c1. The van der Waals surface area contributed by atoms with Crippen molar-refractivity contribution in [3.63, 3.8) is 0 Å². The smallest absolute Gasteiger partial charge is 0.337 e. The molecule has 32 heavy (non-hydrogen) atoms. The lowest BCUT2D eigenvalue weighted by Crippen LogP contribution is -2.48. The van der Waals surface area contributed by atoms with Crippen molar-refractivity contribution in [3.05, 3.63) is 41.5 Å². The third-order valence-corrected chi connectivity index (χ3v) is 7.16. The molecule has 10 heteroatoms. The Hall–Kier alpha value is -2.59. The molecule has 1 aromatic carbocycles. The van der Waals surface area contributed by atoms with Gasteiger partial charge in [0.1, 0.15) is 0 Å². The van der Waals surface area contributed by atoms with Gasteiger partial charge in [-0.05, 0) is 50.8 Å². The number of carboxylic acid groups (broad SMARTS) is 1. The zero-order valence-corrected chi connectivity index (χ0v) is 19.7. The molecule has 1 aliphatic rings. The van der Waals surface area contributed by atoms with E-state index >= 15 is 0 Å². The summed E-state index contributed by atoms with van der Waals surface area (Å²) in [6, 6.07) is 6.38. The third-order valence-electron chi connectivity index (χ3n) is 5.12. The summed E-state index contributed by atoms with van der Waals surface area (Å²) < 4.78 is 0.701. The summed E-state index contributed by atoms with van der Waals surface area (Å²) >= 11 is 2.35. The number of carbonyl (C=O) groups is 3. The molecular weight excluding hydrogens is 448 g/mol. The fraction of sp³-hybridized carbons (Fsp3) is 0.455. The van der Waals surface area contributed by atoms with Gasteiger partial charge in [-0.2, -0.15) is 0 Å². The van der Waals surface area contributed by atoms with Crippen molar-refractivity contribution >= 4 is 46.7 Å². The predicted molar refractivity (Wildman–Crippen MR) is 126 cm³/mol. The maximum atomic E-state index is 13.3. The zero-order valence-electron chi connectivity index (χ0n) is 18.1. The molecule has 1 heterocycles. The number of urea groups is 1. The van der Waals surface area contributed by atoms with Gasteiger partial charge in [0.2, 0.25) is 0 Å². The highest BCUT2D eigenvalue weighted by Crippen LogP contribution is 2.29. The number of nitrogens with one attached hydrogen (secondary N) is 2. The van der Waals surface area contributed by atoms with Crippen LogP contribution < -0.4 is 15.5 Å². The summed E-state index contributed by atoms with van der Waals surface area (Å²) in [4.78, 5) is 43.0. The van der Waals surface area contributed by atoms with Gasteiger partial charge in [-0.15, -0.1) is 11.3 Å². The van der Waals surface area contributed by atoms with E-state index in [4.69, 9.17) is 0 Å². The van der Waals surface area contributed by atoms with Crippen molar-refractivity contribution in [3.8, 4) is 0 Å². The number of benzene rings is 1. The van der Waals surface area contributed by atoms with E-state index in [1.807, 2.05) is 13.8 Å². The van der Waals surface area contributed by atoms with Crippen molar-refractivity contribution in [1.82, 2.24) is 15.6 Å². The van der Waals surface area contributed by atoms with Crippen molar-refractivity contribution in [2.45, 2.75) is 55.2 Å². The summed E-state index contributed by atoms with van der Waals surface area (Å²) in [5, 5.41) is 14.0. The molecule has 1 atom stereocenters. The first-order valence-corrected chi connectivity index (χ1v) is 12.4. The highest BCUT2D eigenvalue weighted by molar-refractivity contribution is 8.02. The quantitative estimate of drug-likeness (QED) is 0.370. The molecule has 3 amide bonds. The molecule has 3 rings (SSSR count). The number of carboxylic acids is 1. The van der Waals surface area contributed by atoms with Crippen LogP contribution in [0.5, 0.6) is 0 Å². The summed E-state index contributed by atoms with van der Waals surface area (Å²) in [6.45, 7) is 4.24. The molecule has 2 aromatic rings. The number of aliphatic carboxylic acids is 1. The van der Waals surface area contributed by atoms with Gasteiger partial charge < -0.3 is 15.7 Å². The summed E-state index contributed by atoms with van der Waals surface area (Å²) in [5.41, 5.74) is 2.63. The monoisotopic (exact) mass is 476 g/mol. The Balaban J connectivity index is 1.82. The van der Waals surface area contributed by atoms with Gasteiger partial charge in [0.15, 0.2) is 5.37 Å². The van der Waals surface area contributed by atoms with Gasteiger partial charge in [0.25, 0.3) is 5.91 Å². The predicted octanol–water partition coefficient (Wildman–Crippen LogP) is 4.19. The van der Waals surface area contributed by atoms with Crippen molar-refractivity contribution in [2.24, 2.45) is 5.92 Å². The second-order valence-electron chi connectivity index (χ2n) is 8.05. The number of nitrogens with zero attached hydrogens (tertiary/aromatic N) is 2. The van der Waals surface area contributed by atoms with Crippen LogP contribution in [-0.4, -0.2) is 46.0 Å². The number of carbonyl (C=O) groups excluding carboxylic acids is 2. The lowest BCUT2D eigenvalue weighted by molar-refractivity contribution is -0.136. The Bertz CT molecular complexity index is 930. The minimum atomic E-state index is -1.15. The van der Waals surface area contributed by atoms with Crippen LogP contribution in [0.25, 0.3) is 0 Å². The molecule has 0 saturated heterocycles. The fourth-order valence-electron chi connectivity index (χ4n) is 3.63. The molecule has 1 unspecified atom stereocenters. The van der Waals surface area contributed by atoms with E-state index in [0.717, 1.165) is 37.4 Å². The molecule has 0 spiro atoms. The first-order valence-electron chi connectivity index (χ1n) is 10.6. The van der Waals surface area contributed by atoms with Gasteiger partial charge in [-0.1, -0.05) is 30.7 Å². The number of anilines is 1. The van der Waals surface area contributed by atoms with E-state index in [2.05, 4.69) is 15.6 Å². The average molecular weight is 477 g/mol. The molecule has 3 N–H and O–H groups in total. The lowest BCUT2D eigenvalue weighted by Gasteiger charge is -2.28. The largest absolute Gasteiger partial charge is 0.479 e. The van der Waals surface area contributed by atoms with Crippen LogP contribution in [0.1, 0.15) is 49.9 Å². The molecule has 1 aromatic heterocycles. The average Bonchev–Trinajstić information content (AvgIpc) is 3.45. The summed E-state index contributed by atoms with van der Waals surface area (Å²) in [5.74, 6) is -1.01. The Kier molecular flexibility index (Phi) is 8.52. The Morgan fingerprint density at radius 2 is 2.00 bits per heavy atom. The second-order valence-corrected chi connectivity index (χ2v) is 10.3. The number of amides is 3. The number of aromatic nitrogens is 1. The lowest BCUT2D eigenvalue weighted by atomic mass is 10.1. The van der Waals surface area contributed by atoms with Crippen LogP contribution in [0, 0.1) is 5.92 Å². The molecule has 0 aliphatic heterocycles. The molecule has 8 nitrogen and oxygen atoms in total. The Morgan fingerprint density at radius 1 is 1.25 bits per heavy atom. The molecule has 1 saturated carbocycles. The first-order chi connectivity index (χ1) is 15.3. The summed E-state index contributed by atoms with van der Waals surface area (Å²) in [6.07, 6.45) is 5.86. The van der Waals surface area contributed by atoms with Crippen LogP contribution in [0.4, 0.5) is 10.5 Å². The highest BCUT2D eigenvalue weighted by Gasteiger charge is 2.28. The number of rotatable bonds is 9. The first kappa shape index (κ1) is 24.1. The molecular formula is C22H28N4O4S2. The van der Waals surface area contributed by atoms with Crippen LogP contribution in [0.2, 0.25) is 0 Å². The van der Waals surface area contributed by atoms with E-state index in [-0.39, 0.29) is 11.9 Å². The number of thioether (sulfide) groups is 1. The van der Waals surface area contributed by atoms with E-state index in [1.165, 1.54) is 11.3 Å². The van der Waals surface area contributed by atoms with Gasteiger partial charge in [0.05, 0.1) is 15.9 Å². The number of thiazole rings is 1. The maximum absolute atomic E-state index is 13.3. The number of hydrogen-bond donors (Lipinski definition) is 3. The summed E-state index contributed by atoms with van der Waals surface area (Å²) in [7, 11) is 0. The fourth-order valence-corrected chi connectivity index (χ4v) is 5.23. The molecule has 1 aliphatic carbocycles. The topological polar surface area (TPSA) is 112 Å². The minimum absolute atomic E-state index is 0.0101. The Labute approximate surface area is 195 Å². The number of hydrogen-bond acceptors (Lipinski definition) is 6. The van der Waals surface area contributed by atoms with Crippen LogP contribution in [0.3, 0.4) is 0 Å². The maximum Gasteiger partial charge on any atom is 0.337 e. The van der Waals surface area contributed by atoms with Gasteiger partial charge >= 0.3 is 12.0 Å². The van der Waals surface area contributed by atoms with Crippen molar-refractivity contribution < 1.29 is 19.5 Å². The van der Waals surface area contributed by atoms with Gasteiger partial charge in [0, 0.05) is 23.8 Å². The van der Waals surface area contributed by atoms with E-state index in [0.29, 0.717) is 27.9 Å². The second kappa shape index (κ2) is 11.3. The Morgan fingerprint density at radius 3 is 2.62 bits per heavy atom. The van der Waals surface area contributed by atoms with Crippen molar-refractivity contribution in [2.75, 3.05) is 11.4 Å².